The van der Waals surface area contributed by atoms with Gasteiger partial charge in [-0.25, -0.2) is 9.52 Å². The Morgan fingerprint density at radius 3 is 2.38 bits per heavy atom. The SMILES string of the molecule is CCOC(=O)NS(=O)(=O)NC(CI)C(C)C. The van der Waals surface area contributed by atoms with Gasteiger partial charge >= 0.3 is 16.3 Å². The maximum absolute atomic E-state index is 11.5. The summed E-state index contributed by atoms with van der Waals surface area (Å²) in [5.74, 6) is 0.149. The molecule has 0 rings (SSSR count). The number of carbonyl (C=O) groups excluding carboxylic acids is 1. The molecule has 0 radical (unpaired) electrons. The zero-order valence-electron chi connectivity index (χ0n) is 9.49. The summed E-state index contributed by atoms with van der Waals surface area (Å²) in [6.45, 7) is 5.52. The molecule has 96 valence electrons. The molecule has 2 N–H and O–H groups in total. The zero-order valence-corrected chi connectivity index (χ0v) is 12.5. The molecule has 1 unspecified atom stereocenters. The quantitative estimate of drug-likeness (QED) is 0.545. The normalized spacial score (nSPS) is 13.6. The Morgan fingerprint density at radius 1 is 1.44 bits per heavy atom. The number of halogens is 1. The number of hydrogen-bond donors (Lipinski definition) is 2. The van der Waals surface area contributed by atoms with Gasteiger partial charge in [0, 0.05) is 10.5 Å². The van der Waals surface area contributed by atoms with Crippen molar-refractivity contribution in [3.63, 3.8) is 0 Å². The van der Waals surface area contributed by atoms with Crippen molar-refractivity contribution in [2.24, 2.45) is 5.92 Å². The van der Waals surface area contributed by atoms with Crippen molar-refractivity contribution >= 4 is 38.9 Å². The molecule has 0 saturated heterocycles. The second kappa shape index (κ2) is 7.28. The van der Waals surface area contributed by atoms with Crippen molar-refractivity contribution in [1.82, 2.24) is 9.44 Å². The van der Waals surface area contributed by atoms with Gasteiger partial charge in [0.05, 0.1) is 6.61 Å². The molecule has 0 saturated carbocycles. The molecule has 0 spiro atoms. The van der Waals surface area contributed by atoms with Gasteiger partial charge in [-0.2, -0.15) is 13.1 Å². The molecule has 0 aliphatic heterocycles. The van der Waals surface area contributed by atoms with Crippen molar-refractivity contribution in [3.8, 4) is 0 Å². The van der Waals surface area contributed by atoms with E-state index in [1.54, 1.807) is 11.6 Å². The maximum Gasteiger partial charge on any atom is 0.421 e. The fraction of sp³-hybridized carbons (Fsp3) is 0.875. The smallest absolute Gasteiger partial charge is 0.421 e. The van der Waals surface area contributed by atoms with Crippen LogP contribution in [0.5, 0.6) is 0 Å². The fourth-order valence-corrected chi connectivity index (χ4v) is 3.47. The van der Waals surface area contributed by atoms with Crippen LogP contribution in [0.15, 0.2) is 0 Å². The lowest BCUT2D eigenvalue weighted by molar-refractivity contribution is 0.158. The lowest BCUT2D eigenvalue weighted by atomic mass is 10.1. The molecule has 1 amide bonds. The molecule has 16 heavy (non-hydrogen) atoms. The molecule has 0 aromatic carbocycles. The first-order valence-electron chi connectivity index (χ1n) is 4.85. The molecule has 8 heteroatoms. The van der Waals surface area contributed by atoms with Crippen molar-refractivity contribution in [2.45, 2.75) is 26.8 Å². The lowest BCUT2D eigenvalue weighted by Crippen LogP contribution is -2.47. The van der Waals surface area contributed by atoms with Gasteiger partial charge in [-0.05, 0) is 12.8 Å². The number of hydrogen-bond acceptors (Lipinski definition) is 4. The van der Waals surface area contributed by atoms with Crippen molar-refractivity contribution in [1.29, 1.82) is 0 Å². The Morgan fingerprint density at radius 2 is 2.00 bits per heavy atom. The molecule has 0 fully saturated rings. The molecular formula is C8H17IN2O4S. The Bertz CT molecular complexity index is 318. The first-order valence-corrected chi connectivity index (χ1v) is 7.86. The molecule has 0 aromatic rings. The Balaban J connectivity index is 4.39. The van der Waals surface area contributed by atoms with Crippen LogP contribution >= 0.6 is 22.6 Å². The van der Waals surface area contributed by atoms with Gasteiger partial charge in [0.25, 0.3) is 0 Å². The number of alkyl halides is 1. The predicted molar refractivity (Wildman–Crippen MR) is 69.7 cm³/mol. The fourth-order valence-electron chi connectivity index (χ4n) is 0.845. The second-order valence-electron chi connectivity index (χ2n) is 3.45. The van der Waals surface area contributed by atoms with Crippen LogP contribution in [0.25, 0.3) is 0 Å². The van der Waals surface area contributed by atoms with Crippen LogP contribution in [-0.4, -0.2) is 31.6 Å². The third-order valence-corrected chi connectivity index (χ3v) is 3.77. The highest BCUT2D eigenvalue weighted by Gasteiger charge is 2.21. The summed E-state index contributed by atoms with van der Waals surface area (Å²) in [4.78, 5) is 10.9. The van der Waals surface area contributed by atoms with Crippen molar-refractivity contribution in [2.75, 3.05) is 11.0 Å². The molecule has 0 bridgehead atoms. The van der Waals surface area contributed by atoms with E-state index >= 15 is 0 Å². The highest BCUT2D eigenvalue weighted by atomic mass is 127. The molecular weight excluding hydrogens is 347 g/mol. The average Bonchev–Trinajstić information content (AvgIpc) is 2.13. The number of ether oxygens (including phenoxy) is 1. The number of amides is 1. The summed E-state index contributed by atoms with van der Waals surface area (Å²) in [7, 11) is -3.84. The molecule has 0 aliphatic rings. The van der Waals surface area contributed by atoms with Crippen molar-refractivity contribution in [3.05, 3.63) is 0 Å². The van der Waals surface area contributed by atoms with Crippen LogP contribution in [0.1, 0.15) is 20.8 Å². The monoisotopic (exact) mass is 364 g/mol. The van der Waals surface area contributed by atoms with Gasteiger partial charge in [-0.3, -0.25) is 0 Å². The summed E-state index contributed by atoms with van der Waals surface area (Å²) in [6, 6.07) is -0.215. The van der Waals surface area contributed by atoms with Gasteiger partial charge in [-0.1, -0.05) is 36.4 Å². The van der Waals surface area contributed by atoms with E-state index in [1.165, 1.54) is 0 Å². The van der Waals surface area contributed by atoms with Crippen LogP contribution in [0, 0.1) is 5.92 Å². The lowest BCUT2D eigenvalue weighted by Gasteiger charge is -2.19. The van der Waals surface area contributed by atoms with E-state index in [4.69, 9.17) is 0 Å². The standard InChI is InChI=1S/C8H17IN2O4S/c1-4-15-8(12)11-16(13,14)10-7(5-9)6(2)3/h6-7,10H,4-5H2,1-3H3,(H,11,12). The molecule has 1 atom stereocenters. The van der Waals surface area contributed by atoms with Gasteiger partial charge < -0.3 is 4.74 Å². The van der Waals surface area contributed by atoms with E-state index in [9.17, 15) is 13.2 Å². The summed E-state index contributed by atoms with van der Waals surface area (Å²) in [6.07, 6.45) is -0.967. The Kier molecular flexibility index (Phi) is 7.24. The predicted octanol–water partition coefficient (Wildman–Crippen LogP) is 1.03. The first kappa shape index (κ1) is 15.9. The second-order valence-corrected chi connectivity index (χ2v) is 5.78. The minimum absolute atomic E-state index is 0.126. The van der Waals surface area contributed by atoms with Gasteiger partial charge in [-0.15, -0.1) is 0 Å². The van der Waals surface area contributed by atoms with Crippen LogP contribution < -0.4 is 9.44 Å². The molecule has 0 aliphatic carbocycles. The molecule has 6 nitrogen and oxygen atoms in total. The van der Waals surface area contributed by atoms with Crippen LogP contribution in [0.2, 0.25) is 0 Å². The van der Waals surface area contributed by atoms with Crippen molar-refractivity contribution < 1.29 is 17.9 Å². The van der Waals surface area contributed by atoms with Crippen LogP contribution in [-0.2, 0) is 14.9 Å². The van der Waals surface area contributed by atoms with Crippen LogP contribution in [0.3, 0.4) is 0 Å². The number of rotatable bonds is 6. The van der Waals surface area contributed by atoms with E-state index in [0.29, 0.717) is 4.43 Å². The first-order chi connectivity index (χ1) is 7.32. The van der Waals surface area contributed by atoms with Gasteiger partial charge in [0.1, 0.15) is 0 Å². The van der Waals surface area contributed by atoms with E-state index in [0.717, 1.165) is 0 Å². The molecule has 0 heterocycles. The topological polar surface area (TPSA) is 84.5 Å². The zero-order chi connectivity index (χ0) is 12.8. The third kappa shape index (κ3) is 6.48. The largest absolute Gasteiger partial charge is 0.449 e. The van der Waals surface area contributed by atoms with E-state index in [2.05, 4.69) is 32.0 Å². The maximum atomic E-state index is 11.5. The summed E-state index contributed by atoms with van der Waals surface area (Å²) < 4.78 is 32.2. The summed E-state index contributed by atoms with van der Waals surface area (Å²) in [5.41, 5.74) is 0. The number of carbonyl (C=O) groups is 1. The Hall–Kier alpha value is -0.0900. The van der Waals surface area contributed by atoms with E-state index in [1.807, 2.05) is 13.8 Å². The van der Waals surface area contributed by atoms with E-state index < -0.39 is 16.3 Å². The third-order valence-electron chi connectivity index (χ3n) is 1.77. The Labute approximate surface area is 110 Å². The van der Waals surface area contributed by atoms with Gasteiger partial charge in [0.2, 0.25) is 0 Å². The minimum atomic E-state index is -3.84. The highest BCUT2D eigenvalue weighted by Crippen LogP contribution is 2.06. The minimum Gasteiger partial charge on any atom is -0.449 e. The average molecular weight is 364 g/mol. The highest BCUT2D eigenvalue weighted by molar-refractivity contribution is 14.1. The van der Waals surface area contributed by atoms with Gasteiger partial charge in [0.15, 0.2) is 0 Å². The number of nitrogens with one attached hydrogen (secondary N) is 2. The summed E-state index contributed by atoms with van der Waals surface area (Å²) in [5, 5.41) is 0. The van der Waals surface area contributed by atoms with E-state index in [-0.39, 0.29) is 18.6 Å². The molecule has 0 aromatic heterocycles. The van der Waals surface area contributed by atoms with Crippen LogP contribution in [0.4, 0.5) is 4.79 Å². The summed E-state index contributed by atoms with van der Waals surface area (Å²) >= 11 is 2.08.